The van der Waals surface area contributed by atoms with Crippen LogP contribution in [0.1, 0.15) is 36.3 Å². The van der Waals surface area contributed by atoms with Gasteiger partial charge in [0.1, 0.15) is 13.2 Å². The fourth-order valence-electron chi connectivity index (χ4n) is 4.94. The minimum absolute atomic E-state index is 0.0870. The van der Waals surface area contributed by atoms with Crippen LogP contribution in [0.4, 0.5) is 4.79 Å². The summed E-state index contributed by atoms with van der Waals surface area (Å²) >= 11 is 0. The van der Waals surface area contributed by atoms with Gasteiger partial charge in [-0.15, -0.1) is 0 Å². The SMILES string of the molecule is O=C(O)CN(CCO)C(=O)CC1(NC(=O)OCC2c3ccccc3-c3ccccc32)CCOCC1. The Morgan fingerprint density at radius 2 is 1.63 bits per heavy atom. The number of rotatable bonds is 9. The largest absolute Gasteiger partial charge is 0.480 e. The summed E-state index contributed by atoms with van der Waals surface area (Å²) < 4.78 is 11.1. The zero-order valence-electron chi connectivity index (χ0n) is 19.4. The van der Waals surface area contributed by atoms with Crippen LogP contribution in [0.25, 0.3) is 11.1 Å². The van der Waals surface area contributed by atoms with Crippen LogP contribution in [-0.2, 0) is 19.1 Å². The van der Waals surface area contributed by atoms with E-state index in [9.17, 15) is 19.5 Å². The Kier molecular flexibility index (Phi) is 7.67. The molecule has 2 aliphatic rings. The van der Waals surface area contributed by atoms with Gasteiger partial charge in [-0.05, 0) is 35.1 Å². The van der Waals surface area contributed by atoms with Crippen LogP contribution < -0.4 is 5.32 Å². The minimum Gasteiger partial charge on any atom is -0.480 e. The second kappa shape index (κ2) is 10.9. The third kappa shape index (κ3) is 5.63. The van der Waals surface area contributed by atoms with E-state index in [1.165, 1.54) is 0 Å². The molecule has 4 rings (SSSR count). The van der Waals surface area contributed by atoms with Crippen molar-refractivity contribution in [2.45, 2.75) is 30.7 Å². The van der Waals surface area contributed by atoms with Gasteiger partial charge in [0.25, 0.3) is 0 Å². The van der Waals surface area contributed by atoms with Crippen molar-refractivity contribution >= 4 is 18.0 Å². The van der Waals surface area contributed by atoms with Gasteiger partial charge in [0, 0.05) is 25.7 Å². The molecule has 2 aromatic rings. The van der Waals surface area contributed by atoms with Gasteiger partial charge in [-0.1, -0.05) is 48.5 Å². The van der Waals surface area contributed by atoms with E-state index in [0.29, 0.717) is 26.1 Å². The number of hydrogen-bond donors (Lipinski definition) is 3. The molecule has 3 N–H and O–H groups in total. The molecule has 0 bridgehead atoms. The first-order chi connectivity index (χ1) is 16.9. The highest BCUT2D eigenvalue weighted by Gasteiger charge is 2.39. The Bertz CT molecular complexity index is 1040. The van der Waals surface area contributed by atoms with Gasteiger partial charge >= 0.3 is 12.1 Å². The molecule has 0 saturated carbocycles. The lowest BCUT2D eigenvalue weighted by Crippen LogP contribution is -2.55. The fraction of sp³-hybridized carbons (Fsp3) is 0.423. The summed E-state index contributed by atoms with van der Waals surface area (Å²) in [4.78, 5) is 38.0. The first-order valence-corrected chi connectivity index (χ1v) is 11.7. The number of benzene rings is 2. The first kappa shape index (κ1) is 24.7. The number of aliphatic carboxylic acids is 1. The average Bonchev–Trinajstić information content (AvgIpc) is 3.16. The average molecular weight is 483 g/mol. The van der Waals surface area contributed by atoms with E-state index in [-0.39, 0.29) is 32.1 Å². The fourth-order valence-corrected chi connectivity index (χ4v) is 4.94. The number of ether oxygens (including phenoxy) is 2. The molecule has 1 saturated heterocycles. The van der Waals surface area contributed by atoms with E-state index >= 15 is 0 Å². The molecule has 0 unspecified atom stereocenters. The Balaban J connectivity index is 1.44. The second-order valence-corrected chi connectivity index (χ2v) is 8.95. The van der Waals surface area contributed by atoms with Gasteiger partial charge < -0.3 is 29.9 Å². The van der Waals surface area contributed by atoms with Gasteiger partial charge in [0.2, 0.25) is 5.91 Å². The highest BCUT2D eigenvalue weighted by molar-refractivity contribution is 5.83. The predicted molar refractivity (Wildman–Crippen MR) is 127 cm³/mol. The molecule has 9 heteroatoms. The number of carbonyl (C=O) groups is 3. The Hall–Kier alpha value is -3.43. The predicted octanol–water partition coefficient (Wildman–Crippen LogP) is 2.37. The number of hydrogen-bond acceptors (Lipinski definition) is 6. The molecule has 0 atom stereocenters. The van der Waals surface area contributed by atoms with Crippen LogP contribution in [0.3, 0.4) is 0 Å². The molecular weight excluding hydrogens is 452 g/mol. The van der Waals surface area contributed by atoms with Gasteiger partial charge in [0.15, 0.2) is 0 Å². The first-order valence-electron chi connectivity index (χ1n) is 11.7. The van der Waals surface area contributed by atoms with Gasteiger partial charge in [-0.3, -0.25) is 9.59 Å². The summed E-state index contributed by atoms with van der Waals surface area (Å²) in [6.45, 7) is -0.101. The van der Waals surface area contributed by atoms with Crippen LogP contribution >= 0.6 is 0 Å². The van der Waals surface area contributed by atoms with Crippen LogP contribution in [0, 0.1) is 0 Å². The van der Waals surface area contributed by atoms with Gasteiger partial charge in [-0.2, -0.15) is 0 Å². The summed E-state index contributed by atoms with van der Waals surface area (Å²) in [6, 6.07) is 16.1. The van der Waals surface area contributed by atoms with Crippen molar-refractivity contribution in [2.24, 2.45) is 0 Å². The summed E-state index contributed by atoms with van der Waals surface area (Å²) in [5.41, 5.74) is 3.55. The van der Waals surface area contributed by atoms with E-state index < -0.39 is 30.1 Å². The van der Waals surface area contributed by atoms with Crippen LogP contribution in [0.2, 0.25) is 0 Å². The van der Waals surface area contributed by atoms with E-state index in [4.69, 9.17) is 14.6 Å². The number of aliphatic hydroxyl groups excluding tert-OH is 1. The number of nitrogens with one attached hydrogen (secondary N) is 1. The molecule has 9 nitrogen and oxygen atoms in total. The molecule has 1 aliphatic carbocycles. The van der Waals surface area contributed by atoms with Gasteiger partial charge in [0.05, 0.1) is 18.6 Å². The molecule has 2 amide bonds. The molecule has 2 aromatic carbocycles. The summed E-state index contributed by atoms with van der Waals surface area (Å²) in [7, 11) is 0. The van der Waals surface area contributed by atoms with Crippen molar-refractivity contribution in [2.75, 3.05) is 39.5 Å². The molecule has 35 heavy (non-hydrogen) atoms. The maximum Gasteiger partial charge on any atom is 0.407 e. The van der Waals surface area contributed by atoms with Crippen molar-refractivity contribution in [3.05, 3.63) is 59.7 Å². The number of carboxylic acids is 1. The van der Waals surface area contributed by atoms with Gasteiger partial charge in [-0.25, -0.2) is 4.79 Å². The monoisotopic (exact) mass is 482 g/mol. The number of amides is 2. The zero-order chi connectivity index (χ0) is 24.8. The molecule has 1 fully saturated rings. The van der Waals surface area contributed by atoms with Crippen LogP contribution in [0.15, 0.2) is 48.5 Å². The lowest BCUT2D eigenvalue weighted by atomic mass is 9.86. The van der Waals surface area contributed by atoms with Crippen molar-refractivity contribution in [3.63, 3.8) is 0 Å². The van der Waals surface area contributed by atoms with E-state index in [1.54, 1.807) is 0 Å². The number of alkyl carbamates (subject to hydrolysis) is 1. The summed E-state index contributed by atoms with van der Waals surface area (Å²) in [6.07, 6.45) is 0.0493. The summed E-state index contributed by atoms with van der Waals surface area (Å²) in [5.74, 6) is -1.71. The lowest BCUT2D eigenvalue weighted by molar-refractivity contribution is -0.145. The Morgan fingerprint density at radius 1 is 1.03 bits per heavy atom. The quantitative estimate of drug-likeness (QED) is 0.501. The van der Waals surface area contributed by atoms with Crippen molar-refractivity contribution < 1.29 is 34.1 Å². The Morgan fingerprint density at radius 3 is 2.20 bits per heavy atom. The van der Waals surface area contributed by atoms with Crippen LogP contribution in [-0.4, -0.2) is 78.1 Å². The van der Waals surface area contributed by atoms with E-state index in [2.05, 4.69) is 17.4 Å². The number of aliphatic hydroxyl groups is 1. The number of carbonyl (C=O) groups excluding carboxylic acids is 2. The lowest BCUT2D eigenvalue weighted by Gasteiger charge is -2.38. The third-order valence-corrected chi connectivity index (χ3v) is 6.70. The highest BCUT2D eigenvalue weighted by atomic mass is 16.5. The number of nitrogens with zero attached hydrogens (tertiary/aromatic N) is 1. The van der Waals surface area contributed by atoms with E-state index in [1.807, 2.05) is 36.4 Å². The molecule has 1 heterocycles. The summed E-state index contributed by atoms with van der Waals surface area (Å²) in [5, 5.41) is 21.2. The molecule has 0 aromatic heterocycles. The van der Waals surface area contributed by atoms with Crippen molar-refractivity contribution in [1.29, 1.82) is 0 Å². The zero-order valence-corrected chi connectivity index (χ0v) is 19.4. The normalized spacial score (nSPS) is 16.1. The molecular formula is C26H30N2O7. The van der Waals surface area contributed by atoms with Crippen molar-refractivity contribution in [3.8, 4) is 11.1 Å². The van der Waals surface area contributed by atoms with Crippen LogP contribution in [0.5, 0.6) is 0 Å². The standard InChI is InChI=1S/C26H30N2O7/c29-12-11-28(16-24(31)32)23(30)15-26(9-13-34-14-10-26)27-25(33)35-17-22-20-7-3-1-5-18(20)19-6-2-4-8-21(19)22/h1-8,22,29H,9-17H2,(H,27,33)(H,31,32). The number of fused-ring (bicyclic) bond motifs is 3. The maximum absolute atomic E-state index is 12.9. The topological polar surface area (TPSA) is 125 Å². The van der Waals surface area contributed by atoms with E-state index in [0.717, 1.165) is 27.2 Å². The molecule has 186 valence electrons. The molecule has 0 radical (unpaired) electrons. The second-order valence-electron chi connectivity index (χ2n) is 8.95. The third-order valence-electron chi connectivity index (χ3n) is 6.70. The maximum atomic E-state index is 12.9. The highest BCUT2D eigenvalue weighted by Crippen LogP contribution is 2.44. The Labute approximate surface area is 203 Å². The van der Waals surface area contributed by atoms with Crippen molar-refractivity contribution in [1.82, 2.24) is 10.2 Å². The number of carboxylic acid groups (broad SMARTS) is 1. The molecule has 1 aliphatic heterocycles. The minimum atomic E-state index is -1.17. The molecule has 0 spiro atoms. The smallest absolute Gasteiger partial charge is 0.407 e.